The predicted octanol–water partition coefficient (Wildman–Crippen LogP) is 0.784. The fourth-order valence-corrected chi connectivity index (χ4v) is 0.564. The van der Waals surface area contributed by atoms with Gasteiger partial charge in [0.2, 0.25) is 0 Å². The third-order valence-electron chi connectivity index (χ3n) is 1.00. The molecule has 0 bridgehead atoms. The van der Waals surface area contributed by atoms with Crippen molar-refractivity contribution in [2.45, 2.75) is 0 Å². The van der Waals surface area contributed by atoms with E-state index in [0.29, 0.717) is 5.69 Å². The Morgan fingerprint density at radius 1 is 1.64 bits per heavy atom. The minimum absolute atomic E-state index is 0. The number of nitrogens with zero attached hydrogens (tertiary/aromatic N) is 1. The van der Waals surface area contributed by atoms with Crippen LogP contribution in [0.5, 0.6) is 0 Å². The molecule has 0 saturated heterocycles. The van der Waals surface area contributed by atoms with Gasteiger partial charge in [0.25, 0.3) is 0 Å². The molecule has 0 unspecified atom stereocenters. The molecule has 0 radical (unpaired) electrons. The van der Waals surface area contributed by atoms with Gasteiger partial charge in [-0.05, 0) is 12.1 Å². The van der Waals surface area contributed by atoms with Crippen molar-refractivity contribution in [3.63, 3.8) is 0 Å². The Kier molecular flexibility index (Phi) is 3.33. The van der Waals surface area contributed by atoms with Crippen molar-refractivity contribution in [3.8, 4) is 0 Å². The summed E-state index contributed by atoms with van der Waals surface area (Å²) in [5, 5.41) is 8.39. The first-order chi connectivity index (χ1) is 4.70. The van der Waals surface area contributed by atoms with Crippen LogP contribution in [0.2, 0.25) is 0 Å². The molecule has 0 saturated carbocycles. The molecule has 0 aliphatic carbocycles. The van der Waals surface area contributed by atoms with Crippen LogP contribution in [-0.4, -0.2) is 16.1 Å². The highest BCUT2D eigenvalue weighted by Gasteiger charge is 2.01. The fraction of sp³-hybridized carbons (Fsp3) is 0. The first-order valence-electron chi connectivity index (χ1n) is 2.65. The molecule has 1 rings (SSSR count). The molecule has 0 amide bonds. The molecule has 1 aromatic heterocycles. The van der Waals surface area contributed by atoms with Gasteiger partial charge in [-0.25, -0.2) is 9.78 Å². The number of hydrogen-bond acceptors (Lipinski definition) is 3. The van der Waals surface area contributed by atoms with Crippen molar-refractivity contribution in [1.82, 2.24) is 4.98 Å². The van der Waals surface area contributed by atoms with Gasteiger partial charge >= 0.3 is 5.97 Å². The molecule has 5 heteroatoms. The average molecular weight is 175 g/mol. The number of aromatic nitrogens is 1. The monoisotopic (exact) mass is 174 g/mol. The molecule has 0 aromatic carbocycles. The van der Waals surface area contributed by atoms with E-state index in [4.69, 9.17) is 10.8 Å². The maximum Gasteiger partial charge on any atom is 0.354 e. The van der Waals surface area contributed by atoms with E-state index in [2.05, 4.69) is 4.98 Å². The number of carbonyl (C=O) groups is 1. The standard InChI is InChI=1S/C6H6N2O2.ClH/c7-4-1-2-8-5(3-4)6(9)10;/h1-3H,(H2,7,8)(H,9,10);1H. The second kappa shape index (κ2) is 3.78. The van der Waals surface area contributed by atoms with Crippen LogP contribution < -0.4 is 5.73 Å². The second-order valence-corrected chi connectivity index (χ2v) is 1.78. The normalized spacial score (nSPS) is 8.36. The Labute approximate surface area is 69.5 Å². The highest BCUT2D eigenvalue weighted by Crippen LogP contribution is 2.01. The molecule has 0 fully saturated rings. The van der Waals surface area contributed by atoms with Crippen LogP contribution in [0.15, 0.2) is 18.3 Å². The van der Waals surface area contributed by atoms with Gasteiger partial charge in [-0.2, -0.15) is 0 Å². The van der Waals surface area contributed by atoms with E-state index in [1.807, 2.05) is 0 Å². The number of halogens is 1. The van der Waals surface area contributed by atoms with Crippen molar-refractivity contribution in [2.24, 2.45) is 0 Å². The van der Waals surface area contributed by atoms with Gasteiger partial charge in [0, 0.05) is 11.9 Å². The molecule has 0 aliphatic rings. The Hall–Kier alpha value is -1.29. The highest BCUT2D eigenvalue weighted by atomic mass is 35.5. The maximum atomic E-state index is 10.2. The van der Waals surface area contributed by atoms with E-state index in [0.717, 1.165) is 0 Å². The summed E-state index contributed by atoms with van der Waals surface area (Å²) in [7, 11) is 0. The average Bonchev–Trinajstić information content (AvgIpc) is 1.88. The summed E-state index contributed by atoms with van der Waals surface area (Å²) in [4.78, 5) is 13.8. The minimum atomic E-state index is -1.06. The predicted molar refractivity (Wildman–Crippen MR) is 42.9 cm³/mol. The summed E-state index contributed by atoms with van der Waals surface area (Å²) in [5.74, 6) is -1.06. The number of anilines is 1. The Morgan fingerprint density at radius 2 is 2.27 bits per heavy atom. The van der Waals surface area contributed by atoms with Crippen LogP contribution in [0.1, 0.15) is 10.5 Å². The quantitative estimate of drug-likeness (QED) is 0.660. The number of nitrogens with two attached hydrogens (primary N) is 1. The summed E-state index contributed by atoms with van der Waals surface area (Å²) in [6.07, 6.45) is 1.36. The number of hydrogen-bond donors (Lipinski definition) is 2. The van der Waals surface area contributed by atoms with Crippen molar-refractivity contribution in [2.75, 3.05) is 5.73 Å². The number of nitrogen functional groups attached to an aromatic ring is 1. The lowest BCUT2D eigenvalue weighted by Gasteiger charge is -1.92. The number of rotatable bonds is 1. The molecule has 1 heterocycles. The number of carboxylic acid groups (broad SMARTS) is 1. The van der Waals surface area contributed by atoms with E-state index >= 15 is 0 Å². The third-order valence-corrected chi connectivity index (χ3v) is 1.00. The van der Waals surface area contributed by atoms with Crippen molar-refractivity contribution < 1.29 is 9.90 Å². The van der Waals surface area contributed by atoms with Crippen LogP contribution in [0.25, 0.3) is 0 Å². The Morgan fingerprint density at radius 3 is 2.64 bits per heavy atom. The summed E-state index contributed by atoms with van der Waals surface area (Å²) in [5.41, 5.74) is 5.67. The van der Waals surface area contributed by atoms with E-state index < -0.39 is 5.97 Å². The molecular weight excluding hydrogens is 168 g/mol. The number of aromatic carboxylic acids is 1. The summed E-state index contributed by atoms with van der Waals surface area (Å²) >= 11 is 0. The second-order valence-electron chi connectivity index (χ2n) is 1.78. The van der Waals surface area contributed by atoms with Gasteiger partial charge in [-0.3, -0.25) is 0 Å². The first-order valence-corrected chi connectivity index (χ1v) is 2.65. The molecule has 60 valence electrons. The van der Waals surface area contributed by atoms with Gasteiger partial charge in [0.1, 0.15) is 5.69 Å². The Balaban J connectivity index is 0.000001000. The lowest BCUT2D eigenvalue weighted by Crippen LogP contribution is -2.00. The van der Waals surface area contributed by atoms with Gasteiger partial charge in [-0.15, -0.1) is 12.4 Å². The lowest BCUT2D eigenvalue weighted by molar-refractivity contribution is 0.0690. The van der Waals surface area contributed by atoms with E-state index in [-0.39, 0.29) is 18.1 Å². The zero-order valence-corrected chi connectivity index (χ0v) is 6.34. The molecule has 3 N–H and O–H groups in total. The van der Waals surface area contributed by atoms with E-state index in [9.17, 15) is 4.79 Å². The molecule has 0 aliphatic heterocycles. The molecule has 0 spiro atoms. The largest absolute Gasteiger partial charge is 0.477 e. The molecular formula is C6H7ClN2O2. The third kappa shape index (κ3) is 2.43. The minimum Gasteiger partial charge on any atom is -0.477 e. The van der Waals surface area contributed by atoms with Crippen molar-refractivity contribution >= 4 is 24.1 Å². The van der Waals surface area contributed by atoms with Gasteiger partial charge < -0.3 is 10.8 Å². The van der Waals surface area contributed by atoms with Crippen LogP contribution in [0.3, 0.4) is 0 Å². The molecule has 0 atom stereocenters. The Bertz CT molecular complexity index is 265. The number of carboxylic acids is 1. The van der Waals surface area contributed by atoms with Gasteiger partial charge in [-0.1, -0.05) is 0 Å². The van der Waals surface area contributed by atoms with Crippen LogP contribution in [-0.2, 0) is 0 Å². The van der Waals surface area contributed by atoms with Gasteiger partial charge in [0.15, 0.2) is 0 Å². The molecule has 1 aromatic rings. The topological polar surface area (TPSA) is 76.2 Å². The maximum absolute atomic E-state index is 10.2. The molecule has 4 nitrogen and oxygen atoms in total. The SMILES string of the molecule is Cl.Nc1ccnc(C(=O)O)c1. The summed E-state index contributed by atoms with van der Waals surface area (Å²) in [6.45, 7) is 0. The van der Waals surface area contributed by atoms with Crippen LogP contribution in [0, 0.1) is 0 Å². The highest BCUT2D eigenvalue weighted by molar-refractivity contribution is 5.86. The smallest absolute Gasteiger partial charge is 0.354 e. The van der Waals surface area contributed by atoms with Crippen LogP contribution in [0.4, 0.5) is 5.69 Å². The first kappa shape index (κ1) is 9.71. The zero-order valence-electron chi connectivity index (χ0n) is 5.52. The van der Waals surface area contributed by atoms with Crippen LogP contribution >= 0.6 is 12.4 Å². The van der Waals surface area contributed by atoms with E-state index in [1.54, 1.807) is 0 Å². The number of pyridine rings is 1. The zero-order chi connectivity index (χ0) is 7.56. The van der Waals surface area contributed by atoms with Crippen molar-refractivity contribution in [3.05, 3.63) is 24.0 Å². The lowest BCUT2D eigenvalue weighted by atomic mass is 10.3. The van der Waals surface area contributed by atoms with E-state index in [1.165, 1.54) is 18.3 Å². The van der Waals surface area contributed by atoms with Gasteiger partial charge in [0.05, 0.1) is 0 Å². The van der Waals surface area contributed by atoms with Crippen molar-refractivity contribution in [1.29, 1.82) is 0 Å². The summed E-state index contributed by atoms with van der Waals surface area (Å²) < 4.78 is 0. The summed E-state index contributed by atoms with van der Waals surface area (Å²) in [6, 6.07) is 2.84. The molecule has 11 heavy (non-hydrogen) atoms. The fourth-order valence-electron chi connectivity index (χ4n) is 0.564.